The normalized spacial score (nSPS) is 10.7. The molecule has 0 atom stereocenters. The molecule has 0 aliphatic heterocycles. The second kappa shape index (κ2) is 7.13. The molecule has 2 rings (SSSR count). The van der Waals surface area contributed by atoms with E-state index in [1.54, 1.807) is 0 Å². The summed E-state index contributed by atoms with van der Waals surface area (Å²) in [6.07, 6.45) is 0. The Kier molecular flexibility index (Phi) is 5.49. The van der Waals surface area contributed by atoms with Crippen LogP contribution in [0.15, 0.2) is 51.8 Å². The number of halogens is 1. The average Bonchev–Trinajstić information content (AvgIpc) is 2.41. The molecule has 0 saturated carbocycles. The van der Waals surface area contributed by atoms with Crippen LogP contribution in [0, 0.1) is 6.92 Å². The molecule has 2 aromatic carbocycles. The van der Waals surface area contributed by atoms with Gasteiger partial charge in [-0.3, -0.25) is 0 Å². The van der Waals surface area contributed by atoms with Crippen LogP contribution >= 0.6 is 27.7 Å². The third-order valence-electron chi connectivity index (χ3n) is 3.05. The van der Waals surface area contributed by atoms with E-state index >= 15 is 0 Å². The van der Waals surface area contributed by atoms with Crippen LogP contribution in [0.25, 0.3) is 0 Å². The molecule has 0 saturated heterocycles. The lowest BCUT2D eigenvalue weighted by Gasteiger charge is -2.08. The van der Waals surface area contributed by atoms with Crippen LogP contribution in [-0.4, -0.2) is 7.05 Å². The minimum Gasteiger partial charge on any atom is -0.316 e. The molecule has 0 spiro atoms. The third-order valence-corrected chi connectivity index (χ3v) is 4.83. The Balaban J connectivity index is 2.04. The van der Waals surface area contributed by atoms with Gasteiger partial charge in [0, 0.05) is 21.7 Å². The Hall–Kier alpha value is -0.770. The summed E-state index contributed by atoms with van der Waals surface area (Å²) in [5, 5.41) is 3.17. The van der Waals surface area contributed by atoms with Crippen molar-refractivity contribution in [3.8, 4) is 0 Å². The molecule has 0 aliphatic rings. The van der Waals surface area contributed by atoms with E-state index < -0.39 is 0 Å². The van der Waals surface area contributed by atoms with E-state index in [2.05, 4.69) is 70.6 Å². The fourth-order valence-corrected chi connectivity index (χ4v) is 3.57. The van der Waals surface area contributed by atoms with Crippen molar-refractivity contribution in [2.45, 2.75) is 24.1 Å². The molecule has 0 unspecified atom stereocenters. The van der Waals surface area contributed by atoms with Crippen molar-refractivity contribution < 1.29 is 0 Å². The van der Waals surface area contributed by atoms with Gasteiger partial charge in [0.1, 0.15) is 0 Å². The lowest BCUT2D eigenvalue weighted by Crippen LogP contribution is -2.05. The van der Waals surface area contributed by atoms with E-state index in [4.69, 9.17) is 0 Å². The van der Waals surface area contributed by atoms with Crippen LogP contribution in [0.4, 0.5) is 0 Å². The van der Waals surface area contributed by atoms with Crippen molar-refractivity contribution in [1.29, 1.82) is 0 Å². The number of aryl methyl sites for hydroxylation is 1. The molecule has 1 N–H and O–H groups in total. The van der Waals surface area contributed by atoms with E-state index in [0.29, 0.717) is 0 Å². The molecule has 0 heterocycles. The van der Waals surface area contributed by atoms with Gasteiger partial charge in [-0.25, -0.2) is 0 Å². The van der Waals surface area contributed by atoms with Gasteiger partial charge in [-0.15, -0.1) is 11.8 Å². The molecular weight excluding hydrogens is 318 g/mol. The van der Waals surface area contributed by atoms with E-state index in [1.165, 1.54) is 26.1 Å². The van der Waals surface area contributed by atoms with Gasteiger partial charge in [0.05, 0.1) is 0 Å². The lowest BCUT2D eigenvalue weighted by atomic mass is 10.1. The zero-order valence-electron chi connectivity index (χ0n) is 11.2. The first kappa shape index (κ1) is 14.6. The number of hydrogen-bond donors (Lipinski definition) is 1. The van der Waals surface area contributed by atoms with Crippen LogP contribution in [0.1, 0.15) is 16.7 Å². The Morgan fingerprint density at radius 2 is 1.89 bits per heavy atom. The monoisotopic (exact) mass is 335 g/mol. The maximum atomic E-state index is 3.64. The number of hydrogen-bond acceptors (Lipinski definition) is 2. The summed E-state index contributed by atoms with van der Waals surface area (Å²) >= 11 is 5.51. The van der Waals surface area contributed by atoms with Crippen molar-refractivity contribution in [1.82, 2.24) is 5.32 Å². The summed E-state index contributed by atoms with van der Waals surface area (Å²) in [5.74, 6) is 1.02. The third kappa shape index (κ3) is 4.10. The minimum absolute atomic E-state index is 0.892. The van der Waals surface area contributed by atoms with Crippen molar-refractivity contribution >= 4 is 27.7 Å². The van der Waals surface area contributed by atoms with Crippen LogP contribution in [-0.2, 0) is 12.3 Å². The predicted molar refractivity (Wildman–Crippen MR) is 87.6 cm³/mol. The summed E-state index contributed by atoms with van der Waals surface area (Å²) in [6.45, 7) is 3.06. The molecule has 19 heavy (non-hydrogen) atoms. The SMILES string of the molecule is CNCc1ccc(SCc2ccccc2C)cc1Br. The minimum atomic E-state index is 0.892. The Labute approximate surface area is 127 Å². The molecule has 0 fully saturated rings. The molecule has 0 aliphatic carbocycles. The van der Waals surface area contributed by atoms with Gasteiger partial charge in [0.25, 0.3) is 0 Å². The van der Waals surface area contributed by atoms with Crippen LogP contribution in [0.3, 0.4) is 0 Å². The summed E-state index contributed by atoms with van der Waals surface area (Å²) < 4.78 is 1.18. The molecule has 3 heteroatoms. The first-order chi connectivity index (χ1) is 9.20. The summed E-state index contributed by atoms with van der Waals surface area (Å²) in [7, 11) is 1.97. The van der Waals surface area contributed by atoms with E-state index in [0.717, 1.165) is 12.3 Å². The molecule has 0 radical (unpaired) electrons. The standard InChI is InChI=1S/C16H18BrNS/c1-12-5-3-4-6-14(12)11-19-15-8-7-13(10-18-2)16(17)9-15/h3-9,18H,10-11H2,1-2H3. The molecule has 0 amide bonds. The van der Waals surface area contributed by atoms with Gasteiger partial charge in [-0.1, -0.05) is 46.3 Å². The van der Waals surface area contributed by atoms with Crippen LogP contribution < -0.4 is 5.32 Å². The average molecular weight is 336 g/mol. The van der Waals surface area contributed by atoms with Crippen LogP contribution in [0.2, 0.25) is 0 Å². The molecule has 0 aromatic heterocycles. The van der Waals surface area contributed by atoms with E-state index in [9.17, 15) is 0 Å². The van der Waals surface area contributed by atoms with Gasteiger partial charge in [0.15, 0.2) is 0 Å². The zero-order chi connectivity index (χ0) is 13.7. The predicted octanol–water partition coefficient (Wildman–Crippen LogP) is 4.77. The second-order valence-corrected chi connectivity index (χ2v) is 6.40. The summed E-state index contributed by atoms with van der Waals surface area (Å²) in [5.41, 5.74) is 4.06. The zero-order valence-corrected chi connectivity index (χ0v) is 13.6. The van der Waals surface area contributed by atoms with Gasteiger partial charge >= 0.3 is 0 Å². The number of benzene rings is 2. The largest absolute Gasteiger partial charge is 0.316 e. The van der Waals surface area contributed by atoms with Crippen molar-refractivity contribution in [3.05, 3.63) is 63.6 Å². The highest BCUT2D eigenvalue weighted by molar-refractivity contribution is 9.10. The van der Waals surface area contributed by atoms with Gasteiger partial charge in [-0.05, 0) is 42.8 Å². The quantitative estimate of drug-likeness (QED) is 0.790. The lowest BCUT2D eigenvalue weighted by molar-refractivity contribution is 0.813. The maximum Gasteiger partial charge on any atom is 0.0234 e. The molecule has 2 aromatic rings. The Bertz CT molecular complexity index is 554. The van der Waals surface area contributed by atoms with Crippen molar-refractivity contribution in [3.63, 3.8) is 0 Å². The van der Waals surface area contributed by atoms with Gasteiger partial charge in [0.2, 0.25) is 0 Å². The molecular formula is C16H18BrNS. The highest BCUT2D eigenvalue weighted by Gasteiger charge is 2.03. The summed E-state index contributed by atoms with van der Waals surface area (Å²) in [4.78, 5) is 1.30. The van der Waals surface area contributed by atoms with E-state index in [-0.39, 0.29) is 0 Å². The van der Waals surface area contributed by atoms with Crippen LogP contribution in [0.5, 0.6) is 0 Å². The highest BCUT2D eigenvalue weighted by Crippen LogP contribution is 2.28. The fraction of sp³-hybridized carbons (Fsp3) is 0.250. The molecule has 0 bridgehead atoms. The first-order valence-electron chi connectivity index (χ1n) is 6.31. The van der Waals surface area contributed by atoms with Crippen molar-refractivity contribution in [2.75, 3.05) is 7.05 Å². The Morgan fingerprint density at radius 3 is 2.58 bits per heavy atom. The van der Waals surface area contributed by atoms with Gasteiger partial charge in [-0.2, -0.15) is 0 Å². The van der Waals surface area contributed by atoms with E-state index in [1.807, 2.05) is 18.8 Å². The number of thioether (sulfide) groups is 1. The summed E-state index contributed by atoms with van der Waals surface area (Å²) in [6, 6.07) is 15.1. The topological polar surface area (TPSA) is 12.0 Å². The molecule has 1 nitrogen and oxygen atoms in total. The van der Waals surface area contributed by atoms with Gasteiger partial charge < -0.3 is 5.32 Å². The maximum absolute atomic E-state index is 3.64. The smallest absolute Gasteiger partial charge is 0.0234 e. The second-order valence-electron chi connectivity index (χ2n) is 4.50. The molecule has 100 valence electrons. The Morgan fingerprint density at radius 1 is 1.11 bits per heavy atom. The fourth-order valence-electron chi connectivity index (χ4n) is 1.88. The number of nitrogens with one attached hydrogen (secondary N) is 1. The number of rotatable bonds is 5. The van der Waals surface area contributed by atoms with Crippen molar-refractivity contribution in [2.24, 2.45) is 0 Å². The highest BCUT2D eigenvalue weighted by atomic mass is 79.9. The first-order valence-corrected chi connectivity index (χ1v) is 8.09.